The number of nitrogens with one attached hydrogen (secondary N) is 2. The standard InChI is InChI=1S/C19H25N3O2/c1-13(2)7-8-21-16-10-15(11-20-12-16)19(23)22-17-9-14(3)5-6-18(17)24-4/h5-6,9-13,21H,7-8H2,1-4H3,(H,22,23). The van der Waals surface area contributed by atoms with Crippen LogP contribution in [0, 0.1) is 12.8 Å². The summed E-state index contributed by atoms with van der Waals surface area (Å²) < 4.78 is 5.29. The highest BCUT2D eigenvalue weighted by Crippen LogP contribution is 2.25. The number of carbonyl (C=O) groups is 1. The lowest BCUT2D eigenvalue weighted by molar-refractivity contribution is 0.102. The maximum absolute atomic E-state index is 12.5. The normalized spacial score (nSPS) is 10.5. The lowest BCUT2D eigenvalue weighted by Gasteiger charge is -2.12. The minimum atomic E-state index is -0.209. The summed E-state index contributed by atoms with van der Waals surface area (Å²) in [4.78, 5) is 16.6. The number of aromatic nitrogens is 1. The number of ether oxygens (including phenoxy) is 1. The molecule has 0 atom stereocenters. The van der Waals surface area contributed by atoms with E-state index in [9.17, 15) is 4.79 Å². The van der Waals surface area contributed by atoms with Crippen LogP contribution in [0.2, 0.25) is 0 Å². The molecule has 128 valence electrons. The molecule has 2 aromatic rings. The zero-order valence-electron chi connectivity index (χ0n) is 14.7. The number of carbonyl (C=O) groups excluding carboxylic acids is 1. The largest absolute Gasteiger partial charge is 0.495 e. The summed E-state index contributed by atoms with van der Waals surface area (Å²) in [7, 11) is 1.58. The second-order valence-electron chi connectivity index (χ2n) is 6.23. The zero-order chi connectivity index (χ0) is 17.5. The van der Waals surface area contributed by atoms with Crippen molar-refractivity contribution in [1.29, 1.82) is 0 Å². The van der Waals surface area contributed by atoms with E-state index in [0.29, 0.717) is 22.9 Å². The fourth-order valence-corrected chi connectivity index (χ4v) is 2.28. The molecule has 1 amide bonds. The molecule has 1 aromatic carbocycles. The number of amides is 1. The Morgan fingerprint density at radius 1 is 1.25 bits per heavy atom. The van der Waals surface area contributed by atoms with E-state index in [4.69, 9.17) is 4.74 Å². The molecule has 0 fully saturated rings. The van der Waals surface area contributed by atoms with Gasteiger partial charge in [0.2, 0.25) is 0 Å². The fourth-order valence-electron chi connectivity index (χ4n) is 2.28. The summed E-state index contributed by atoms with van der Waals surface area (Å²) in [6, 6.07) is 7.47. The van der Waals surface area contributed by atoms with Gasteiger partial charge in [-0.05, 0) is 43.0 Å². The van der Waals surface area contributed by atoms with Crippen molar-refractivity contribution in [2.75, 3.05) is 24.3 Å². The number of aryl methyl sites for hydroxylation is 1. The van der Waals surface area contributed by atoms with Crippen LogP contribution in [0.3, 0.4) is 0 Å². The number of benzene rings is 1. The third-order valence-corrected chi connectivity index (χ3v) is 3.65. The van der Waals surface area contributed by atoms with E-state index in [-0.39, 0.29) is 5.91 Å². The first-order chi connectivity index (χ1) is 11.5. The number of methoxy groups -OCH3 is 1. The van der Waals surface area contributed by atoms with Crippen LogP contribution in [0.15, 0.2) is 36.7 Å². The van der Waals surface area contributed by atoms with E-state index in [1.165, 1.54) is 0 Å². The van der Waals surface area contributed by atoms with E-state index >= 15 is 0 Å². The summed E-state index contributed by atoms with van der Waals surface area (Å²) in [5, 5.41) is 6.19. The first kappa shape index (κ1) is 17.8. The van der Waals surface area contributed by atoms with Crippen molar-refractivity contribution < 1.29 is 9.53 Å². The average Bonchev–Trinajstić information content (AvgIpc) is 2.55. The number of pyridine rings is 1. The Morgan fingerprint density at radius 2 is 2.04 bits per heavy atom. The van der Waals surface area contributed by atoms with E-state index in [2.05, 4.69) is 29.5 Å². The molecule has 5 heteroatoms. The van der Waals surface area contributed by atoms with Gasteiger partial charge in [0.25, 0.3) is 5.91 Å². The predicted octanol–water partition coefficient (Wildman–Crippen LogP) is 4.11. The quantitative estimate of drug-likeness (QED) is 0.803. The van der Waals surface area contributed by atoms with Gasteiger partial charge in [0.05, 0.1) is 24.0 Å². The van der Waals surface area contributed by atoms with Gasteiger partial charge < -0.3 is 15.4 Å². The second kappa shape index (κ2) is 8.34. The molecule has 0 aliphatic carbocycles. The topological polar surface area (TPSA) is 63.2 Å². The minimum absolute atomic E-state index is 0.209. The Labute approximate surface area is 143 Å². The maximum atomic E-state index is 12.5. The van der Waals surface area contributed by atoms with Crippen molar-refractivity contribution in [3.8, 4) is 5.75 Å². The van der Waals surface area contributed by atoms with Gasteiger partial charge >= 0.3 is 0 Å². The lowest BCUT2D eigenvalue weighted by Crippen LogP contribution is -2.14. The van der Waals surface area contributed by atoms with Crippen molar-refractivity contribution in [2.24, 2.45) is 5.92 Å². The molecule has 0 saturated heterocycles. The van der Waals surface area contributed by atoms with Gasteiger partial charge in [-0.25, -0.2) is 0 Å². The number of hydrogen-bond donors (Lipinski definition) is 2. The van der Waals surface area contributed by atoms with E-state index in [1.807, 2.05) is 31.2 Å². The summed E-state index contributed by atoms with van der Waals surface area (Å²) in [5.41, 5.74) is 3.06. The first-order valence-electron chi connectivity index (χ1n) is 8.14. The lowest BCUT2D eigenvalue weighted by atomic mass is 10.1. The third-order valence-electron chi connectivity index (χ3n) is 3.65. The summed E-state index contributed by atoms with van der Waals surface area (Å²) >= 11 is 0. The van der Waals surface area contributed by atoms with Crippen molar-refractivity contribution >= 4 is 17.3 Å². The van der Waals surface area contributed by atoms with Gasteiger partial charge in [-0.15, -0.1) is 0 Å². The van der Waals surface area contributed by atoms with Crippen LogP contribution in [0.1, 0.15) is 36.2 Å². The predicted molar refractivity (Wildman–Crippen MR) is 97.9 cm³/mol. The van der Waals surface area contributed by atoms with Gasteiger partial charge in [0, 0.05) is 18.9 Å². The molecule has 0 aliphatic heterocycles. The fraction of sp³-hybridized carbons (Fsp3) is 0.368. The van der Waals surface area contributed by atoms with Gasteiger partial charge in [-0.2, -0.15) is 0 Å². The number of nitrogens with zero attached hydrogens (tertiary/aromatic N) is 1. The molecule has 0 spiro atoms. The number of anilines is 2. The van der Waals surface area contributed by atoms with Crippen LogP contribution in [0.5, 0.6) is 5.75 Å². The molecule has 24 heavy (non-hydrogen) atoms. The smallest absolute Gasteiger partial charge is 0.257 e. The van der Waals surface area contributed by atoms with Crippen molar-refractivity contribution in [1.82, 2.24) is 4.98 Å². The third kappa shape index (κ3) is 4.98. The summed E-state index contributed by atoms with van der Waals surface area (Å²) in [6.07, 6.45) is 4.35. The Morgan fingerprint density at radius 3 is 2.75 bits per heavy atom. The van der Waals surface area contributed by atoms with Gasteiger partial charge in [-0.3, -0.25) is 9.78 Å². The molecule has 2 N–H and O–H groups in total. The Hall–Kier alpha value is -2.56. The zero-order valence-corrected chi connectivity index (χ0v) is 14.7. The molecule has 2 rings (SSSR count). The van der Waals surface area contributed by atoms with Crippen molar-refractivity contribution in [2.45, 2.75) is 27.2 Å². The highest BCUT2D eigenvalue weighted by Gasteiger charge is 2.11. The summed E-state index contributed by atoms with van der Waals surface area (Å²) in [6.45, 7) is 7.18. The average molecular weight is 327 g/mol. The molecular weight excluding hydrogens is 302 g/mol. The molecule has 0 radical (unpaired) electrons. The van der Waals surface area contributed by atoms with Crippen LogP contribution in [0.25, 0.3) is 0 Å². The maximum Gasteiger partial charge on any atom is 0.257 e. The van der Waals surface area contributed by atoms with Crippen molar-refractivity contribution in [3.63, 3.8) is 0 Å². The Balaban J connectivity index is 2.08. The Bertz CT molecular complexity index is 699. The van der Waals surface area contributed by atoms with Crippen LogP contribution >= 0.6 is 0 Å². The molecule has 0 bridgehead atoms. The van der Waals surface area contributed by atoms with Crippen LogP contribution in [-0.4, -0.2) is 24.5 Å². The molecule has 1 aromatic heterocycles. The van der Waals surface area contributed by atoms with Gasteiger partial charge in [0.1, 0.15) is 5.75 Å². The van der Waals surface area contributed by atoms with E-state index in [0.717, 1.165) is 24.2 Å². The van der Waals surface area contributed by atoms with Crippen LogP contribution in [-0.2, 0) is 0 Å². The highest BCUT2D eigenvalue weighted by molar-refractivity contribution is 6.05. The van der Waals surface area contributed by atoms with Crippen LogP contribution < -0.4 is 15.4 Å². The minimum Gasteiger partial charge on any atom is -0.495 e. The second-order valence-corrected chi connectivity index (χ2v) is 6.23. The van der Waals surface area contributed by atoms with Gasteiger partial charge in [0.15, 0.2) is 0 Å². The van der Waals surface area contributed by atoms with E-state index < -0.39 is 0 Å². The first-order valence-corrected chi connectivity index (χ1v) is 8.14. The number of hydrogen-bond acceptors (Lipinski definition) is 4. The molecule has 0 saturated carbocycles. The molecular formula is C19H25N3O2. The molecule has 0 unspecified atom stereocenters. The highest BCUT2D eigenvalue weighted by atomic mass is 16.5. The SMILES string of the molecule is COc1ccc(C)cc1NC(=O)c1cncc(NCCC(C)C)c1. The van der Waals surface area contributed by atoms with Crippen LogP contribution in [0.4, 0.5) is 11.4 Å². The Kier molecular flexibility index (Phi) is 6.18. The number of rotatable bonds is 7. The van der Waals surface area contributed by atoms with E-state index in [1.54, 1.807) is 19.5 Å². The van der Waals surface area contributed by atoms with Crippen molar-refractivity contribution in [3.05, 3.63) is 47.8 Å². The summed E-state index contributed by atoms with van der Waals surface area (Å²) in [5.74, 6) is 1.05. The molecule has 5 nitrogen and oxygen atoms in total. The monoisotopic (exact) mass is 327 g/mol. The molecule has 0 aliphatic rings. The molecule has 1 heterocycles. The van der Waals surface area contributed by atoms with Gasteiger partial charge in [-0.1, -0.05) is 19.9 Å².